The number of hydrogen-bond donors (Lipinski definition) is 2. The van der Waals surface area contributed by atoms with Crippen molar-refractivity contribution >= 4 is 34.7 Å². The van der Waals surface area contributed by atoms with E-state index in [0.29, 0.717) is 36.8 Å². The smallest absolute Gasteiger partial charge is 0.277 e. The first kappa shape index (κ1) is 28.9. The van der Waals surface area contributed by atoms with E-state index in [-0.39, 0.29) is 34.9 Å². The number of aromatic nitrogens is 1. The van der Waals surface area contributed by atoms with E-state index < -0.39 is 17.6 Å². The fourth-order valence-electron chi connectivity index (χ4n) is 6.25. The lowest BCUT2D eigenvalue weighted by molar-refractivity contribution is -0.121. The number of piperazine rings is 1. The van der Waals surface area contributed by atoms with Crippen LogP contribution in [-0.4, -0.2) is 54.8 Å². The summed E-state index contributed by atoms with van der Waals surface area (Å²) in [5.74, 6) is -0.885. The van der Waals surface area contributed by atoms with Gasteiger partial charge in [0.15, 0.2) is 11.6 Å². The molecule has 0 radical (unpaired) electrons. The molecule has 2 atom stereocenters. The summed E-state index contributed by atoms with van der Waals surface area (Å²) in [6.07, 6.45) is 6.24. The first-order valence-corrected chi connectivity index (χ1v) is 15.2. The number of nitrogens with zero attached hydrogens (tertiary/aromatic N) is 3. The number of ketones is 1. The van der Waals surface area contributed by atoms with Crippen molar-refractivity contribution in [2.45, 2.75) is 64.3 Å². The Morgan fingerprint density at radius 1 is 0.953 bits per heavy atom. The molecule has 1 saturated heterocycles. The molecule has 6 rings (SSSR count). The lowest BCUT2D eigenvalue weighted by Gasteiger charge is -2.38. The van der Waals surface area contributed by atoms with E-state index in [2.05, 4.69) is 39.6 Å². The summed E-state index contributed by atoms with van der Waals surface area (Å²) in [5, 5.41) is 5.82. The molecular formula is C33H38FN5O4. The summed E-state index contributed by atoms with van der Waals surface area (Å²) in [7, 11) is 0. The molecule has 2 amide bonds. The first-order valence-electron chi connectivity index (χ1n) is 15.2. The summed E-state index contributed by atoms with van der Waals surface area (Å²) in [6.45, 7) is 6.30. The predicted molar refractivity (Wildman–Crippen MR) is 162 cm³/mol. The molecule has 0 spiro atoms. The van der Waals surface area contributed by atoms with E-state index in [1.807, 2.05) is 17.0 Å². The highest BCUT2D eigenvalue weighted by molar-refractivity contribution is 6.06. The van der Waals surface area contributed by atoms with Crippen molar-refractivity contribution < 1.29 is 23.2 Å². The van der Waals surface area contributed by atoms with Gasteiger partial charge < -0.3 is 24.9 Å². The Hall–Kier alpha value is -4.21. The van der Waals surface area contributed by atoms with Gasteiger partial charge in [0.25, 0.3) is 11.8 Å². The van der Waals surface area contributed by atoms with Crippen molar-refractivity contribution in [3.05, 3.63) is 71.2 Å². The second-order valence-corrected chi connectivity index (χ2v) is 12.1. The maximum atomic E-state index is 15.7. The van der Waals surface area contributed by atoms with E-state index in [9.17, 15) is 14.4 Å². The Balaban J connectivity index is 1.24. The van der Waals surface area contributed by atoms with Crippen LogP contribution in [0.2, 0.25) is 0 Å². The van der Waals surface area contributed by atoms with E-state index >= 15 is 4.39 Å². The van der Waals surface area contributed by atoms with Crippen LogP contribution in [0.15, 0.2) is 47.1 Å². The Bertz CT molecular complexity index is 1530. The highest BCUT2D eigenvalue weighted by atomic mass is 19.1. The number of Topliss-reactive ketones (excluding diaryl/α,β-unsaturated/α-hetero) is 1. The summed E-state index contributed by atoms with van der Waals surface area (Å²) < 4.78 is 21.2. The van der Waals surface area contributed by atoms with Crippen LogP contribution in [0.5, 0.6) is 0 Å². The maximum absolute atomic E-state index is 15.7. The summed E-state index contributed by atoms with van der Waals surface area (Å²) in [4.78, 5) is 47.2. The molecule has 1 aromatic heterocycles. The van der Waals surface area contributed by atoms with Crippen LogP contribution in [0.3, 0.4) is 0 Å². The number of hydrogen-bond acceptors (Lipinski definition) is 7. The molecule has 1 aliphatic heterocycles. The van der Waals surface area contributed by atoms with Gasteiger partial charge in [0.2, 0.25) is 0 Å². The molecule has 226 valence electrons. The minimum atomic E-state index is -0.664. The van der Waals surface area contributed by atoms with Gasteiger partial charge in [-0.05, 0) is 63.6 Å². The van der Waals surface area contributed by atoms with Gasteiger partial charge >= 0.3 is 0 Å². The molecule has 2 N–H and O–H groups in total. The third-order valence-corrected chi connectivity index (χ3v) is 8.92. The zero-order valence-electron chi connectivity index (χ0n) is 24.7. The van der Waals surface area contributed by atoms with Crippen molar-refractivity contribution in [2.24, 2.45) is 5.92 Å². The van der Waals surface area contributed by atoms with Crippen LogP contribution >= 0.6 is 0 Å². The number of amides is 2. The van der Waals surface area contributed by atoms with Gasteiger partial charge in [-0.2, -0.15) is 0 Å². The van der Waals surface area contributed by atoms with Gasteiger partial charge in [-0.1, -0.05) is 24.6 Å². The molecule has 2 saturated carbocycles. The second kappa shape index (κ2) is 12.2. The highest BCUT2D eigenvalue weighted by Gasteiger charge is 2.31. The van der Waals surface area contributed by atoms with Crippen LogP contribution in [0, 0.1) is 18.7 Å². The molecule has 3 fully saturated rings. The van der Waals surface area contributed by atoms with Crippen LogP contribution < -0.4 is 20.4 Å². The zero-order chi connectivity index (χ0) is 30.1. The van der Waals surface area contributed by atoms with E-state index in [0.717, 1.165) is 45.2 Å². The number of nitrogens with one attached hydrogen (secondary N) is 2. The monoisotopic (exact) mass is 587 g/mol. The minimum absolute atomic E-state index is 0.0950. The summed E-state index contributed by atoms with van der Waals surface area (Å²) in [6, 6.07) is 10.8. The van der Waals surface area contributed by atoms with Gasteiger partial charge in [-0.3, -0.25) is 14.4 Å². The molecule has 10 heteroatoms. The van der Waals surface area contributed by atoms with E-state index in [4.69, 9.17) is 4.42 Å². The summed E-state index contributed by atoms with van der Waals surface area (Å²) in [5.41, 5.74) is 3.19. The Morgan fingerprint density at radius 3 is 2.37 bits per heavy atom. The van der Waals surface area contributed by atoms with E-state index in [1.165, 1.54) is 29.6 Å². The van der Waals surface area contributed by atoms with Crippen LogP contribution in [-0.2, 0) is 4.79 Å². The summed E-state index contributed by atoms with van der Waals surface area (Å²) >= 11 is 0. The minimum Gasteiger partial charge on any atom is -0.448 e. The number of para-hydroxylation sites is 1. The maximum Gasteiger partial charge on any atom is 0.277 e. The van der Waals surface area contributed by atoms with Crippen molar-refractivity contribution in [2.75, 3.05) is 41.3 Å². The van der Waals surface area contributed by atoms with Gasteiger partial charge in [-0.15, -0.1) is 0 Å². The van der Waals surface area contributed by atoms with Crippen molar-refractivity contribution in [1.82, 2.24) is 10.3 Å². The fourth-order valence-corrected chi connectivity index (χ4v) is 6.25. The normalized spacial score (nSPS) is 20.5. The molecule has 43 heavy (non-hydrogen) atoms. The second-order valence-electron chi connectivity index (χ2n) is 12.1. The predicted octanol–water partition coefficient (Wildman–Crippen LogP) is 5.46. The van der Waals surface area contributed by atoms with Crippen LogP contribution in [0.25, 0.3) is 0 Å². The zero-order valence-corrected chi connectivity index (χ0v) is 24.7. The number of anilines is 3. The molecule has 2 aliphatic carbocycles. The lowest BCUT2D eigenvalue weighted by Crippen LogP contribution is -2.47. The molecule has 2 aromatic carbocycles. The van der Waals surface area contributed by atoms with Gasteiger partial charge in [0, 0.05) is 55.8 Å². The molecule has 2 heterocycles. The average Bonchev–Trinajstić information content (AvgIpc) is 3.74. The van der Waals surface area contributed by atoms with E-state index in [1.54, 1.807) is 6.92 Å². The van der Waals surface area contributed by atoms with Gasteiger partial charge in [0.05, 0.1) is 16.9 Å². The van der Waals surface area contributed by atoms with Crippen LogP contribution in [0.1, 0.15) is 83.7 Å². The molecular weight excluding hydrogens is 549 g/mol. The Kier molecular flexibility index (Phi) is 8.19. The molecule has 2 unspecified atom stereocenters. The Labute approximate surface area is 250 Å². The number of halogens is 1. The number of carbonyl (C=O) groups excluding carboxylic acids is 3. The van der Waals surface area contributed by atoms with Crippen LogP contribution in [0.4, 0.5) is 21.5 Å². The molecule has 3 aromatic rings. The highest BCUT2D eigenvalue weighted by Crippen LogP contribution is 2.39. The number of oxazole rings is 1. The number of carbonyl (C=O) groups is 3. The molecule has 0 bridgehead atoms. The quantitative estimate of drug-likeness (QED) is 0.361. The van der Waals surface area contributed by atoms with Gasteiger partial charge in [0.1, 0.15) is 17.9 Å². The Morgan fingerprint density at radius 2 is 1.67 bits per heavy atom. The number of benzene rings is 2. The number of aryl methyl sites for hydroxylation is 1. The third-order valence-electron chi connectivity index (χ3n) is 8.92. The average molecular weight is 588 g/mol. The molecule has 3 aliphatic rings. The largest absolute Gasteiger partial charge is 0.448 e. The SMILES string of the molecule is CC(=O)C1CCCC(NC(=O)c2cc(NC(=O)c3coc(C4CC4)n3)c(N3CCN(c4ccccc4C)CC3)cc2F)C1. The standard InChI is InChI=1S/C33H38FN5O4/c1-20-6-3-4-9-29(20)38-12-14-39(15-13-38)30-18-26(34)25(31(41)35-24-8-5-7-23(16-24)21(2)40)17-27(30)36-32(42)28-19-43-33(37-28)22-10-11-22/h3-4,6,9,17-19,22-24H,5,7-8,10-16H2,1-2H3,(H,35,41)(H,36,42). The fraction of sp³-hybridized carbons (Fsp3) is 0.455. The molecule has 9 nitrogen and oxygen atoms in total. The van der Waals surface area contributed by atoms with Crippen molar-refractivity contribution in [3.8, 4) is 0 Å². The lowest BCUT2D eigenvalue weighted by atomic mass is 9.83. The van der Waals surface area contributed by atoms with Crippen molar-refractivity contribution in [3.63, 3.8) is 0 Å². The topological polar surface area (TPSA) is 108 Å². The first-order chi connectivity index (χ1) is 20.8. The van der Waals surface area contributed by atoms with Gasteiger partial charge in [-0.25, -0.2) is 9.37 Å². The number of rotatable bonds is 8. The third kappa shape index (κ3) is 6.43. The van der Waals surface area contributed by atoms with Crippen molar-refractivity contribution in [1.29, 1.82) is 0 Å².